The van der Waals surface area contributed by atoms with E-state index in [1.807, 2.05) is 40.1 Å². The number of hydrogen-bond acceptors (Lipinski definition) is 14. The molecule has 6 rings (SSSR count). The number of aromatic hydroxyl groups is 1. The lowest BCUT2D eigenvalue weighted by Crippen LogP contribution is -2.54. The van der Waals surface area contributed by atoms with Crippen LogP contribution in [0.2, 0.25) is 0 Å². The van der Waals surface area contributed by atoms with Gasteiger partial charge in [-0.1, -0.05) is 30.3 Å². The summed E-state index contributed by atoms with van der Waals surface area (Å²) < 4.78 is 10.7. The number of nitrogens with two attached hydrogens (primary N) is 4. The van der Waals surface area contributed by atoms with Gasteiger partial charge in [-0.15, -0.1) is 0 Å². The third kappa shape index (κ3) is 7.17. The summed E-state index contributed by atoms with van der Waals surface area (Å²) in [5, 5.41) is 14.2. The van der Waals surface area contributed by atoms with E-state index in [9.17, 15) is 9.90 Å². The molecule has 1 amide bonds. The van der Waals surface area contributed by atoms with Crippen molar-refractivity contribution in [3.05, 3.63) is 71.8 Å². The lowest BCUT2D eigenvalue weighted by atomic mass is 10.0. The lowest BCUT2D eigenvalue weighted by Gasteiger charge is -2.37. The maximum Gasteiger partial charge on any atom is 0.264 e. The molecule has 3 aliphatic rings. The first-order chi connectivity index (χ1) is 21.7. The molecule has 45 heavy (non-hydrogen) atoms. The Hall–Kier alpha value is -4.70. The number of piperidine rings is 2. The molecular weight excluding hydrogens is 578 g/mol. The number of carbonyl (C=O) groups excluding carboxylic acids is 1. The Morgan fingerprint density at radius 3 is 2.02 bits per heavy atom. The first-order valence-electron chi connectivity index (χ1n) is 14.9. The van der Waals surface area contributed by atoms with E-state index in [1.165, 1.54) is 23.3 Å². The second-order valence-electron chi connectivity index (χ2n) is 11.7. The van der Waals surface area contributed by atoms with Gasteiger partial charge in [0, 0.05) is 62.1 Å². The topological polar surface area (TPSA) is 220 Å². The maximum absolute atomic E-state index is 13.7. The molecule has 0 bridgehead atoms. The van der Waals surface area contributed by atoms with Gasteiger partial charge in [-0.2, -0.15) is 15.0 Å². The molecule has 2 saturated heterocycles. The fourth-order valence-electron chi connectivity index (χ4n) is 5.83. The molecule has 2 aromatic carbocycles. The van der Waals surface area contributed by atoms with E-state index in [0.717, 1.165) is 5.56 Å². The van der Waals surface area contributed by atoms with Gasteiger partial charge in [-0.05, 0) is 30.5 Å². The van der Waals surface area contributed by atoms with Crippen molar-refractivity contribution in [2.24, 2.45) is 22.9 Å². The number of phenols is 1. The highest BCUT2D eigenvalue weighted by Gasteiger charge is 2.30. The van der Waals surface area contributed by atoms with Gasteiger partial charge < -0.3 is 52.6 Å². The van der Waals surface area contributed by atoms with Gasteiger partial charge in [0.15, 0.2) is 0 Å². The van der Waals surface area contributed by atoms with Crippen LogP contribution < -0.4 is 38.1 Å². The molecule has 10 N–H and O–H groups in total. The Morgan fingerprint density at radius 2 is 1.49 bits per heavy atom. The molecule has 0 radical (unpaired) electrons. The standard InChI is InChI=1S/C30H39N11O4/c31-19-8-20(32)13-39(12-19)29-36-28(37-30(38-29)40-14-21(33)9-22(34)15-40)35-23-6-7-24(25(42)10-23)27(43)41(26-16-44-17-45-26)11-18-4-2-1-3-5-18/h1-7,10,16,19-22,42H,8-9,11-15,17,31-34H2,(H,35,36,37,38)/t19-,20+,21-,22+. The third-order valence-corrected chi connectivity index (χ3v) is 7.85. The van der Waals surface area contributed by atoms with Crippen LogP contribution in [0.25, 0.3) is 0 Å². The number of benzene rings is 2. The number of aromatic nitrogens is 3. The Bertz CT molecular complexity index is 1480. The molecule has 2 fully saturated rings. The zero-order valence-corrected chi connectivity index (χ0v) is 24.8. The van der Waals surface area contributed by atoms with Crippen LogP contribution in [-0.4, -0.2) is 88.0 Å². The number of carbonyl (C=O) groups is 1. The van der Waals surface area contributed by atoms with Crippen molar-refractivity contribution in [1.29, 1.82) is 0 Å². The van der Waals surface area contributed by atoms with E-state index >= 15 is 0 Å². The second kappa shape index (κ2) is 13.1. The monoisotopic (exact) mass is 617 g/mol. The van der Waals surface area contributed by atoms with Crippen molar-refractivity contribution in [2.75, 3.05) is 48.1 Å². The predicted molar refractivity (Wildman–Crippen MR) is 168 cm³/mol. The van der Waals surface area contributed by atoms with Crippen LogP contribution in [0.3, 0.4) is 0 Å². The van der Waals surface area contributed by atoms with Crippen molar-refractivity contribution < 1.29 is 19.4 Å². The lowest BCUT2D eigenvalue weighted by molar-refractivity contribution is 0.0397. The minimum Gasteiger partial charge on any atom is -0.507 e. The zero-order valence-electron chi connectivity index (χ0n) is 24.8. The molecule has 4 heterocycles. The average molecular weight is 618 g/mol. The summed E-state index contributed by atoms with van der Waals surface area (Å²) in [6.07, 6.45) is 2.80. The van der Waals surface area contributed by atoms with Crippen molar-refractivity contribution >= 4 is 29.4 Å². The smallest absolute Gasteiger partial charge is 0.264 e. The zero-order chi connectivity index (χ0) is 31.5. The van der Waals surface area contributed by atoms with E-state index in [-0.39, 0.29) is 60.6 Å². The molecular formula is C30H39N11O4. The quantitative estimate of drug-likeness (QED) is 0.203. The molecule has 4 atom stereocenters. The van der Waals surface area contributed by atoms with Crippen molar-refractivity contribution in [2.45, 2.75) is 43.6 Å². The van der Waals surface area contributed by atoms with Gasteiger partial charge in [0.05, 0.1) is 12.1 Å². The molecule has 3 aromatic rings. The van der Waals surface area contributed by atoms with Crippen molar-refractivity contribution in [1.82, 2.24) is 19.9 Å². The van der Waals surface area contributed by atoms with Crippen LogP contribution in [0.15, 0.2) is 60.7 Å². The number of nitrogens with one attached hydrogen (secondary N) is 1. The van der Waals surface area contributed by atoms with Gasteiger partial charge in [0.2, 0.25) is 30.5 Å². The highest BCUT2D eigenvalue weighted by atomic mass is 16.7. The Morgan fingerprint density at radius 1 is 0.889 bits per heavy atom. The number of nitrogens with zero attached hydrogens (tertiary/aromatic N) is 6. The largest absolute Gasteiger partial charge is 0.507 e. The van der Waals surface area contributed by atoms with Gasteiger partial charge in [0.1, 0.15) is 12.0 Å². The molecule has 0 aliphatic carbocycles. The third-order valence-electron chi connectivity index (χ3n) is 7.85. The number of amides is 1. The SMILES string of the molecule is N[C@@H]1C[C@H](N)CN(c2nc(Nc3ccc(C(=O)N(Cc4ccccc4)C4=COCO4)c(O)c3)nc(N3C[C@H](N)C[C@H](N)C3)n2)C1. The van der Waals surface area contributed by atoms with E-state index in [0.29, 0.717) is 56.6 Å². The number of hydrogen-bond donors (Lipinski definition) is 6. The van der Waals surface area contributed by atoms with Gasteiger partial charge in [-0.3, -0.25) is 9.69 Å². The predicted octanol–water partition coefficient (Wildman–Crippen LogP) is 0.496. The average Bonchev–Trinajstić information content (AvgIpc) is 3.54. The Labute approximate surface area is 260 Å². The normalized spacial score (nSPS) is 23.2. The highest BCUT2D eigenvalue weighted by molar-refractivity contribution is 5.98. The molecule has 0 unspecified atom stereocenters. The molecule has 0 spiro atoms. The highest BCUT2D eigenvalue weighted by Crippen LogP contribution is 2.29. The molecule has 15 nitrogen and oxygen atoms in total. The van der Waals surface area contributed by atoms with Gasteiger partial charge in [0.25, 0.3) is 5.91 Å². The fraction of sp³-hybridized carbons (Fsp3) is 0.400. The van der Waals surface area contributed by atoms with Crippen LogP contribution in [0, 0.1) is 0 Å². The fourth-order valence-corrected chi connectivity index (χ4v) is 5.83. The first-order valence-corrected chi connectivity index (χ1v) is 14.9. The van der Waals surface area contributed by atoms with Crippen molar-refractivity contribution in [3.63, 3.8) is 0 Å². The van der Waals surface area contributed by atoms with Crippen LogP contribution in [-0.2, 0) is 16.0 Å². The summed E-state index contributed by atoms with van der Waals surface area (Å²) in [4.78, 5) is 33.0. The summed E-state index contributed by atoms with van der Waals surface area (Å²) in [6.45, 7) is 2.38. The van der Waals surface area contributed by atoms with Gasteiger partial charge in [-0.25, -0.2) is 0 Å². The Kier molecular flexibility index (Phi) is 8.84. The maximum atomic E-state index is 13.7. The molecule has 238 valence electrons. The number of anilines is 4. The van der Waals surface area contributed by atoms with Crippen LogP contribution in [0.5, 0.6) is 5.75 Å². The summed E-state index contributed by atoms with van der Waals surface area (Å²) >= 11 is 0. The number of ether oxygens (including phenoxy) is 2. The van der Waals surface area contributed by atoms with E-state index < -0.39 is 5.91 Å². The number of rotatable bonds is 8. The molecule has 1 aromatic heterocycles. The van der Waals surface area contributed by atoms with E-state index in [1.54, 1.807) is 6.07 Å². The second-order valence-corrected chi connectivity index (χ2v) is 11.7. The summed E-state index contributed by atoms with van der Waals surface area (Å²) in [5.41, 5.74) is 26.5. The van der Waals surface area contributed by atoms with Gasteiger partial charge >= 0.3 is 0 Å². The minimum atomic E-state index is -0.458. The van der Waals surface area contributed by atoms with E-state index in [4.69, 9.17) is 37.4 Å². The van der Waals surface area contributed by atoms with Crippen LogP contribution in [0.1, 0.15) is 28.8 Å². The molecule has 3 aliphatic heterocycles. The van der Waals surface area contributed by atoms with Crippen LogP contribution >= 0.6 is 0 Å². The summed E-state index contributed by atoms with van der Waals surface area (Å²) in [5.74, 6) is 0.630. The summed E-state index contributed by atoms with van der Waals surface area (Å²) in [7, 11) is 0. The first kappa shape index (κ1) is 30.3. The van der Waals surface area contributed by atoms with E-state index in [2.05, 4.69) is 15.3 Å². The number of phenolic OH excluding ortho intramolecular Hbond substituents is 1. The molecule has 0 saturated carbocycles. The van der Waals surface area contributed by atoms with Crippen LogP contribution in [0.4, 0.5) is 23.5 Å². The summed E-state index contributed by atoms with van der Waals surface area (Å²) in [6, 6.07) is 13.6. The van der Waals surface area contributed by atoms with Crippen molar-refractivity contribution in [3.8, 4) is 5.75 Å². The molecule has 15 heteroatoms. The Balaban J connectivity index is 1.27. The minimum absolute atomic E-state index is 0.00323.